The van der Waals surface area contributed by atoms with Crippen LogP contribution in [0.25, 0.3) is 0 Å². The second-order valence-corrected chi connectivity index (χ2v) is 10.1. The minimum atomic E-state index is -1.17. The fraction of sp³-hybridized carbons (Fsp3) is 0.913. The third-order valence-electron chi connectivity index (χ3n) is 7.89. The van der Waals surface area contributed by atoms with E-state index in [0.717, 1.165) is 51.4 Å². The molecule has 30 heavy (non-hydrogen) atoms. The molecule has 7 nitrogen and oxygen atoms in total. The Morgan fingerprint density at radius 2 is 1.03 bits per heavy atom. The SMILES string of the molecule is CC(C)(C1CCC(OC(=O)O)CC1)C1CCC(OC(=O)OC2CCC(O)CC2)CC1. The largest absolute Gasteiger partial charge is 0.508 e. The zero-order valence-electron chi connectivity index (χ0n) is 18.4. The highest BCUT2D eigenvalue weighted by molar-refractivity contribution is 5.60. The lowest BCUT2D eigenvalue weighted by molar-refractivity contribution is -0.0445. The first-order valence-corrected chi connectivity index (χ1v) is 11.7. The van der Waals surface area contributed by atoms with Gasteiger partial charge in [-0.25, -0.2) is 9.59 Å². The van der Waals surface area contributed by atoms with Crippen molar-refractivity contribution in [2.24, 2.45) is 17.3 Å². The molecule has 3 aliphatic rings. The van der Waals surface area contributed by atoms with Crippen molar-refractivity contribution in [2.45, 2.75) is 115 Å². The normalized spacial score (nSPS) is 35.3. The van der Waals surface area contributed by atoms with Gasteiger partial charge in [0.1, 0.15) is 18.3 Å². The van der Waals surface area contributed by atoms with Crippen LogP contribution in [0, 0.1) is 17.3 Å². The lowest BCUT2D eigenvalue weighted by Crippen LogP contribution is -2.39. The first-order valence-electron chi connectivity index (χ1n) is 11.7. The summed E-state index contributed by atoms with van der Waals surface area (Å²) in [6.45, 7) is 4.68. The maximum atomic E-state index is 12.1. The number of carbonyl (C=O) groups is 2. The van der Waals surface area contributed by atoms with Crippen molar-refractivity contribution in [3.63, 3.8) is 0 Å². The van der Waals surface area contributed by atoms with Gasteiger partial charge >= 0.3 is 12.3 Å². The Kier molecular flexibility index (Phi) is 7.88. The van der Waals surface area contributed by atoms with Gasteiger partial charge in [-0.3, -0.25) is 0 Å². The Hall–Kier alpha value is -1.50. The summed E-state index contributed by atoms with van der Waals surface area (Å²) >= 11 is 0. The lowest BCUT2D eigenvalue weighted by atomic mass is 9.60. The maximum Gasteiger partial charge on any atom is 0.508 e. The van der Waals surface area contributed by atoms with Crippen LogP contribution < -0.4 is 0 Å². The van der Waals surface area contributed by atoms with Crippen molar-refractivity contribution in [1.29, 1.82) is 0 Å². The standard InChI is InChI=1S/C23H38O7/c1-23(2,15-3-9-18(10-4-15)28-21(25)26)16-5-11-19(12-6-16)29-22(27)30-20-13-7-17(24)8-14-20/h15-20,24H,3-14H2,1-2H3,(H,25,26). The van der Waals surface area contributed by atoms with E-state index in [4.69, 9.17) is 19.3 Å². The summed E-state index contributed by atoms with van der Waals surface area (Å²) in [6.07, 6.45) is 7.85. The number of carboxylic acid groups (broad SMARTS) is 1. The molecule has 3 aliphatic carbocycles. The fourth-order valence-corrected chi connectivity index (χ4v) is 5.79. The summed E-state index contributed by atoms with van der Waals surface area (Å²) in [5.41, 5.74) is 0.183. The molecule has 3 fully saturated rings. The molecular weight excluding hydrogens is 388 g/mol. The molecule has 0 aromatic heterocycles. The second-order valence-electron chi connectivity index (χ2n) is 10.1. The van der Waals surface area contributed by atoms with E-state index in [0.29, 0.717) is 37.5 Å². The van der Waals surface area contributed by atoms with Crippen LogP contribution in [0.5, 0.6) is 0 Å². The van der Waals surface area contributed by atoms with Crippen LogP contribution in [0.15, 0.2) is 0 Å². The minimum Gasteiger partial charge on any atom is -0.450 e. The second kappa shape index (κ2) is 10.2. The first-order chi connectivity index (χ1) is 14.2. The van der Waals surface area contributed by atoms with Crippen molar-refractivity contribution < 1.29 is 34.0 Å². The first kappa shape index (κ1) is 23.2. The van der Waals surface area contributed by atoms with Gasteiger partial charge in [0.25, 0.3) is 0 Å². The van der Waals surface area contributed by atoms with E-state index >= 15 is 0 Å². The highest BCUT2D eigenvalue weighted by Crippen LogP contribution is 2.48. The molecule has 172 valence electrons. The molecular formula is C23H38O7. The Morgan fingerprint density at radius 3 is 1.43 bits per heavy atom. The average Bonchev–Trinajstić information content (AvgIpc) is 2.70. The molecule has 0 bridgehead atoms. The van der Waals surface area contributed by atoms with Crippen molar-refractivity contribution >= 4 is 12.3 Å². The van der Waals surface area contributed by atoms with Gasteiger partial charge in [0.05, 0.1) is 6.10 Å². The van der Waals surface area contributed by atoms with E-state index < -0.39 is 12.3 Å². The highest BCUT2D eigenvalue weighted by Gasteiger charge is 2.41. The number of aliphatic hydroxyl groups is 1. The van der Waals surface area contributed by atoms with Crippen LogP contribution in [-0.4, -0.2) is 46.9 Å². The van der Waals surface area contributed by atoms with Gasteiger partial charge in [-0.05, 0) is 94.3 Å². The summed E-state index contributed by atoms with van der Waals surface area (Å²) in [5.74, 6) is 1.15. The van der Waals surface area contributed by atoms with Gasteiger partial charge in [0, 0.05) is 0 Å². The number of carbonyl (C=O) groups excluding carboxylic acids is 1. The Morgan fingerprint density at radius 1 is 0.667 bits per heavy atom. The smallest absolute Gasteiger partial charge is 0.450 e. The molecule has 0 spiro atoms. The summed E-state index contributed by atoms with van der Waals surface area (Å²) in [5, 5.41) is 18.4. The third kappa shape index (κ3) is 6.25. The molecule has 0 saturated heterocycles. The predicted molar refractivity (Wildman–Crippen MR) is 110 cm³/mol. The van der Waals surface area contributed by atoms with Crippen LogP contribution in [0.1, 0.15) is 90.9 Å². The van der Waals surface area contributed by atoms with Gasteiger partial charge in [0.15, 0.2) is 0 Å². The Labute approximate surface area is 179 Å². The zero-order chi connectivity index (χ0) is 21.7. The third-order valence-corrected chi connectivity index (χ3v) is 7.89. The van der Waals surface area contributed by atoms with E-state index in [1.165, 1.54) is 0 Å². The molecule has 3 saturated carbocycles. The number of hydrogen-bond acceptors (Lipinski definition) is 6. The lowest BCUT2D eigenvalue weighted by Gasteiger charge is -2.46. The molecule has 0 aromatic carbocycles. The van der Waals surface area contributed by atoms with Gasteiger partial charge in [-0.15, -0.1) is 0 Å². The number of ether oxygens (including phenoxy) is 3. The van der Waals surface area contributed by atoms with Crippen LogP contribution in [-0.2, 0) is 14.2 Å². The molecule has 0 amide bonds. The summed E-state index contributed by atoms with van der Waals surface area (Å²) in [6, 6.07) is 0. The van der Waals surface area contributed by atoms with Crippen molar-refractivity contribution in [1.82, 2.24) is 0 Å². The molecule has 0 atom stereocenters. The van der Waals surface area contributed by atoms with E-state index in [1.807, 2.05) is 0 Å². The van der Waals surface area contributed by atoms with Crippen LogP contribution in [0.4, 0.5) is 9.59 Å². The van der Waals surface area contributed by atoms with E-state index in [-0.39, 0.29) is 29.8 Å². The molecule has 0 radical (unpaired) electrons. The predicted octanol–water partition coefficient (Wildman–Crippen LogP) is 5.28. The molecule has 3 rings (SSSR count). The van der Waals surface area contributed by atoms with Gasteiger partial charge in [0.2, 0.25) is 0 Å². The highest BCUT2D eigenvalue weighted by atomic mass is 16.7. The molecule has 2 N–H and O–H groups in total. The fourth-order valence-electron chi connectivity index (χ4n) is 5.79. The van der Waals surface area contributed by atoms with E-state index in [2.05, 4.69) is 13.8 Å². The average molecular weight is 427 g/mol. The molecule has 0 unspecified atom stereocenters. The summed E-state index contributed by atoms with van der Waals surface area (Å²) in [4.78, 5) is 22.9. The van der Waals surface area contributed by atoms with Crippen LogP contribution in [0.3, 0.4) is 0 Å². The van der Waals surface area contributed by atoms with Gasteiger partial charge in [-0.1, -0.05) is 13.8 Å². The number of aliphatic hydroxyl groups excluding tert-OH is 1. The molecule has 0 aliphatic heterocycles. The number of hydrogen-bond donors (Lipinski definition) is 2. The maximum absolute atomic E-state index is 12.1. The topological polar surface area (TPSA) is 102 Å². The molecule has 0 aromatic rings. The summed E-state index contributed by atoms with van der Waals surface area (Å²) < 4.78 is 16.0. The van der Waals surface area contributed by atoms with E-state index in [1.54, 1.807) is 0 Å². The Bertz CT molecular complexity index is 566. The van der Waals surface area contributed by atoms with Crippen molar-refractivity contribution in [3.8, 4) is 0 Å². The molecule has 7 heteroatoms. The van der Waals surface area contributed by atoms with Crippen LogP contribution in [0.2, 0.25) is 0 Å². The monoisotopic (exact) mass is 426 g/mol. The Balaban J connectivity index is 1.39. The summed E-state index contributed by atoms with van der Waals surface area (Å²) in [7, 11) is 0. The minimum absolute atomic E-state index is 0.0709. The zero-order valence-corrected chi connectivity index (χ0v) is 18.4. The van der Waals surface area contributed by atoms with Crippen molar-refractivity contribution in [2.75, 3.05) is 0 Å². The van der Waals surface area contributed by atoms with Crippen molar-refractivity contribution in [3.05, 3.63) is 0 Å². The molecule has 0 heterocycles. The van der Waals surface area contributed by atoms with Crippen LogP contribution >= 0.6 is 0 Å². The number of rotatable bonds is 5. The quantitative estimate of drug-likeness (QED) is 0.576. The van der Waals surface area contributed by atoms with E-state index in [9.17, 15) is 14.7 Å². The van der Waals surface area contributed by atoms with Gasteiger partial charge < -0.3 is 24.4 Å². The van der Waals surface area contributed by atoms with Gasteiger partial charge in [-0.2, -0.15) is 0 Å².